The number of nitrogens with one attached hydrogen (secondary N) is 1. The Morgan fingerprint density at radius 2 is 2.17 bits per heavy atom. The standard InChI is InChI=1S/C12H20N4OS/c1-11(2,3)9-8(18-16-15-9)10(17)14-7-12(13)5-4-6-12/h4-7,13H2,1-3H3,(H,14,17). The van der Waals surface area contributed by atoms with Crippen LogP contribution in [-0.4, -0.2) is 27.6 Å². The summed E-state index contributed by atoms with van der Waals surface area (Å²) < 4.78 is 3.89. The Kier molecular flexibility index (Phi) is 3.42. The average Bonchev–Trinajstić information content (AvgIpc) is 2.71. The van der Waals surface area contributed by atoms with Crippen molar-refractivity contribution in [2.75, 3.05) is 6.54 Å². The SMILES string of the molecule is CC(C)(C)c1nnsc1C(=O)NCC1(N)CCC1. The van der Waals surface area contributed by atoms with Crippen molar-refractivity contribution in [1.82, 2.24) is 14.9 Å². The molecule has 0 bridgehead atoms. The largest absolute Gasteiger partial charge is 0.349 e. The number of rotatable bonds is 3. The van der Waals surface area contributed by atoms with Gasteiger partial charge in [0.1, 0.15) is 4.88 Å². The second kappa shape index (κ2) is 4.59. The van der Waals surface area contributed by atoms with Gasteiger partial charge in [0, 0.05) is 17.5 Å². The van der Waals surface area contributed by atoms with Gasteiger partial charge in [-0.2, -0.15) is 0 Å². The molecule has 1 aliphatic carbocycles. The van der Waals surface area contributed by atoms with Crippen LogP contribution in [-0.2, 0) is 5.41 Å². The Bertz CT molecular complexity index is 445. The maximum atomic E-state index is 12.1. The summed E-state index contributed by atoms with van der Waals surface area (Å²) in [6.07, 6.45) is 3.13. The molecule has 0 aromatic carbocycles. The Balaban J connectivity index is 2.03. The van der Waals surface area contributed by atoms with E-state index in [1.165, 1.54) is 0 Å². The minimum absolute atomic E-state index is 0.105. The highest BCUT2D eigenvalue weighted by Crippen LogP contribution is 2.29. The quantitative estimate of drug-likeness (QED) is 0.869. The molecule has 0 aliphatic heterocycles. The fourth-order valence-corrected chi connectivity index (χ4v) is 2.77. The normalized spacial score (nSPS) is 18.2. The van der Waals surface area contributed by atoms with Crippen molar-refractivity contribution in [2.24, 2.45) is 5.73 Å². The van der Waals surface area contributed by atoms with Crippen molar-refractivity contribution in [2.45, 2.75) is 51.0 Å². The third kappa shape index (κ3) is 2.70. The molecule has 6 heteroatoms. The van der Waals surface area contributed by atoms with Gasteiger partial charge in [-0.15, -0.1) is 5.10 Å². The van der Waals surface area contributed by atoms with Gasteiger partial charge in [0.05, 0.1) is 5.69 Å². The van der Waals surface area contributed by atoms with Crippen LogP contribution < -0.4 is 11.1 Å². The number of nitrogens with zero attached hydrogens (tertiary/aromatic N) is 2. The summed E-state index contributed by atoms with van der Waals surface area (Å²) in [6, 6.07) is 0. The lowest BCUT2D eigenvalue weighted by Gasteiger charge is -2.38. The van der Waals surface area contributed by atoms with E-state index in [2.05, 4.69) is 14.9 Å². The molecule has 1 aromatic rings. The molecule has 1 saturated carbocycles. The van der Waals surface area contributed by atoms with Crippen LogP contribution in [0.5, 0.6) is 0 Å². The summed E-state index contributed by atoms with van der Waals surface area (Å²) in [5, 5.41) is 6.97. The Labute approximate surface area is 111 Å². The van der Waals surface area contributed by atoms with Gasteiger partial charge in [-0.1, -0.05) is 25.3 Å². The summed E-state index contributed by atoms with van der Waals surface area (Å²) in [5.74, 6) is -0.105. The first kappa shape index (κ1) is 13.4. The summed E-state index contributed by atoms with van der Waals surface area (Å²) in [7, 11) is 0. The molecule has 100 valence electrons. The van der Waals surface area contributed by atoms with Crippen LogP contribution in [0, 0.1) is 0 Å². The molecule has 1 aliphatic rings. The van der Waals surface area contributed by atoms with Crippen molar-refractivity contribution in [3.8, 4) is 0 Å². The molecule has 3 N–H and O–H groups in total. The summed E-state index contributed by atoms with van der Waals surface area (Å²) in [4.78, 5) is 12.7. The molecule has 1 heterocycles. The number of hydrogen-bond donors (Lipinski definition) is 2. The monoisotopic (exact) mass is 268 g/mol. The highest BCUT2D eigenvalue weighted by atomic mass is 32.1. The van der Waals surface area contributed by atoms with Crippen molar-refractivity contribution < 1.29 is 4.79 Å². The van der Waals surface area contributed by atoms with E-state index in [9.17, 15) is 4.79 Å². The Morgan fingerprint density at radius 1 is 1.50 bits per heavy atom. The molecule has 2 rings (SSSR count). The molecule has 18 heavy (non-hydrogen) atoms. The molecule has 0 radical (unpaired) electrons. The molecule has 1 amide bonds. The highest BCUT2D eigenvalue weighted by Gasteiger charge is 2.33. The molecule has 0 saturated heterocycles. The topological polar surface area (TPSA) is 80.9 Å². The van der Waals surface area contributed by atoms with Crippen LogP contribution >= 0.6 is 11.5 Å². The number of nitrogens with two attached hydrogens (primary N) is 1. The lowest BCUT2D eigenvalue weighted by molar-refractivity contribution is 0.0931. The van der Waals surface area contributed by atoms with Gasteiger partial charge in [0.2, 0.25) is 0 Å². The maximum absolute atomic E-state index is 12.1. The van der Waals surface area contributed by atoms with Gasteiger partial charge in [0.15, 0.2) is 0 Å². The lowest BCUT2D eigenvalue weighted by Crippen LogP contribution is -2.55. The molecule has 1 fully saturated rings. The molecular weight excluding hydrogens is 248 g/mol. The van der Waals surface area contributed by atoms with Crippen molar-refractivity contribution in [3.63, 3.8) is 0 Å². The van der Waals surface area contributed by atoms with E-state index >= 15 is 0 Å². The fraction of sp³-hybridized carbons (Fsp3) is 0.750. The minimum Gasteiger partial charge on any atom is -0.349 e. The smallest absolute Gasteiger partial charge is 0.265 e. The van der Waals surface area contributed by atoms with Crippen LogP contribution in [0.3, 0.4) is 0 Å². The van der Waals surface area contributed by atoms with E-state index in [-0.39, 0.29) is 16.9 Å². The van der Waals surface area contributed by atoms with Crippen molar-refractivity contribution >= 4 is 17.4 Å². The summed E-state index contributed by atoms with van der Waals surface area (Å²) in [5.41, 5.74) is 6.47. The third-order valence-corrected chi connectivity index (χ3v) is 4.08. The van der Waals surface area contributed by atoms with E-state index in [1.807, 2.05) is 20.8 Å². The molecule has 0 spiro atoms. The van der Waals surface area contributed by atoms with Gasteiger partial charge in [-0.25, -0.2) is 0 Å². The van der Waals surface area contributed by atoms with Crippen molar-refractivity contribution in [1.29, 1.82) is 0 Å². The molecule has 0 unspecified atom stereocenters. The van der Waals surface area contributed by atoms with Crippen LogP contribution in [0.15, 0.2) is 0 Å². The predicted octanol–water partition coefficient (Wildman–Crippen LogP) is 1.45. The Morgan fingerprint density at radius 3 is 2.67 bits per heavy atom. The number of carbonyl (C=O) groups is 1. The number of amides is 1. The minimum atomic E-state index is -0.199. The second-order valence-electron chi connectivity index (χ2n) is 6.10. The number of hydrogen-bond acceptors (Lipinski definition) is 5. The zero-order valence-electron chi connectivity index (χ0n) is 11.1. The first-order valence-corrected chi connectivity index (χ1v) is 6.99. The van der Waals surface area contributed by atoms with E-state index in [0.29, 0.717) is 11.4 Å². The number of carbonyl (C=O) groups excluding carboxylic acids is 1. The molecule has 5 nitrogen and oxygen atoms in total. The first-order chi connectivity index (χ1) is 8.32. The van der Waals surface area contributed by atoms with Gasteiger partial charge < -0.3 is 11.1 Å². The van der Waals surface area contributed by atoms with Crippen LogP contribution in [0.1, 0.15) is 55.4 Å². The summed E-state index contributed by atoms with van der Waals surface area (Å²) >= 11 is 1.15. The Hall–Kier alpha value is -1.01. The van der Waals surface area contributed by atoms with Gasteiger partial charge in [0.25, 0.3) is 5.91 Å². The fourth-order valence-electron chi connectivity index (χ4n) is 1.97. The van der Waals surface area contributed by atoms with Crippen LogP contribution in [0.25, 0.3) is 0 Å². The van der Waals surface area contributed by atoms with Gasteiger partial charge in [-0.05, 0) is 30.8 Å². The highest BCUT2D eigenvalue weighted by molar-refractivity contribution is 7.08. The second-order valence-corrected chi connectivity index (χ2v) is 6.85. The van der Waals surface area contributed by atoms with Crippen molar-refractivity contribution in [3.05, 3.63) is 10.6 Å². The number of aromatic nitrogens is 2. The zero-order valence-corrected chi connectivity index (χ0v) is 11.9. The lowest BCUT2D eigenvalue weighted by atomic mass is 9.78. The average molecular weight is 268 g/mol. The van der Waals surface area contributed by atoms with Crippen LogP contribution in [0.4, 0.5) is 0 Å². The molecule has 1 aromatic heterocycles. The van der Waals surface area contributed by atoms with E-state index < -0.39 is 0 Å². The molecular formula is C12H20N4OS. The van der Waals surface area contributed by atoms with E-state index in [1.54, 1.807) is 0 Å². The first-order valence-electron chi connectivity index (χ1n) is 6.22. The molecule has 0 atom stereocenters. The van der Waals surface area contributed by atoms with Crippen LogP contribution in [0.2, 0.25) is 0 Å². The van der Waals surface area contributed by atoms with Gasteiger partial charge in [-0.3, -0.25) is 4.79 Å². The predicted molar refractivity (Wildman–Crippen MR) is 71.7 cm³/mol. The summed E-state index contributed by atoms with van der Waals surface area (Å²) in [6.45, 7) is 6.61. The van der Waals surface area contributed by atoms with E-state index in [0.717, 1.165) is 36.5 Å². The zero-order chi connectivity index (χ0) is 13.4. The maximum Gasteiger partial charge on any atom is 0.265 e. The van der Waals surface area contributed by atoms with Gasteiger partial charge >= 0.3 is 0 Å². The third-order valence-electron chi connectivity index (χ3n) is 3.35. The van der Waals surface area contributed by atoms with E-state index in [4.69, 9.17) is 5.73 Å².